The van der Waals surface area contributed by atoms with Crippen molar-refractivity contribution in [3.63, 3.8) is 0 Å². The summed E-state index contributed by atoms with van der Waals surface area (Å²) >= 11 is 0. The number of halogens is 1. The van der Waals surface area contributed by atoms with Gasteiger partial charge in [0.25, 0.3) is 5.56 Å². The van der Waals surface area contributed by atoms with Gasteiger partial charge >= 0.3 is 5.69 Å². The van der Waals surface area contributed by atoms with Gasteiger partial charge in [-0.2, -0.15) is 4.98 Å². The van der Waals surface area contributed by atoms with Crippen molar-refractivity contribution in [3.8, 4) is 11.8 Å². The van der Waals surface area contributed by atoms with Crippen LogP contribution in [0.2, 0.25) is 0 Å². The number of unbranched alkanes of at least 4 members (excludes halogenated alkanes) is 2. The van der Waals surface area contributed by atoms with Crippen molar-refractivity contribution in [2.75, 3.05) is 18.0 Å². The monoisotopic (exact) mass is 477 g/mol. The van der Waals surface area contributed by atoms with E-state index in [0.717, 1.165) is 61.7 Å². The molecule has 4 rings (SSSR count). The average molecular weight is 478 g/mol. The van der Waals surface area contributed by atoms with E-state index in [1.54, 1.807) is 19.2 Å². The summed E-state index contributed by atoms with van der Waals surface area (Å²) in [7, 11) is 3.11. The fourth-order valence-electron chi connectivity index (χ4n) is 4.64. The average Bonchev–Trinajstić information content (AvgIpc) is 3.06. The van der Waals surface area contributed by atoms with E-state index in [4.69, 9.17) is 4.98 Å². The lowest BCUT2D eigenvalue weighted by Gasteiger charge is -2.22. The third-order valence-corrected chi connectivity index (χ3v) is 6.61. The van der Waals surface area contributed by atoms with Gasteiger partial charge in [-0.3, -0.25) is 18.5 Å². The van der Waals surface area contributed by atoms with Crippen LogP contribution in [0.3, 0.4) is 0 Å². The van der Waals surface area contributed by atoms with E-state index in [1.807, 2.05) is 11.5 Å². The van der Waals surface area contributed by atoms with Crippen LogP contribution in [0.15, 0.2) is 45.5 Å². The first-order valence-electron chi connectivity index (χ1n) is 12.1. The second-order valence-corrected chi connectivity index (χ2v) is 9.02. The molecule has 0 unspecified atom stereocenters. The Bertz CT molecular complexity index is 1420. The van der Waals surface area contributed by atoms with Gasteiger partial charge in [0.05, 0.1) is 6.54 Å². The van der Waals surface area contributed by atoms with Gasteiger partial charge in [-0.25, -0.2) is 9.18 Å². The largest absolute Gasteiger partial charge is 0.342 e. The minimum absolute atomic E-state index is 0.309. The third-order valence-electron chi connectivity index (χ3n) is 6.61. The third kappa shape index (κ3) is 5.24. The molecule has 0 radical (unpaired) electrons. The maximum atomic E-state index is 13.5. The molecule has 1 saturated heterocycles. The summed E-state index contributed by atoms with van der Waals surface area (Å²) in [6.45, 7) is 3.81. The number of aryl methyl sites for hydroxylation is 1. The van der Waals surface area contributed by atoms with Gasteiger partial charge in [-0.05, 0) is 56.7 Å². The van der Waals surface area contributed by atoms with Crippen LogP contribution in [0.25, 0.3) is 11.2 Å². The molecule has 1 aliphatic heterocycles. The molecular weight excluding hydrogens is 445 g/mol. The van der Waals surface area contributed by atoms with Gasteiger partial charge in [0, 0.05) is 33.6 Å². The van der Waals surface area contributed by atoms with E-state index in [0.29, 0.717) is 23.7 Å². The van der Waals surface area contributed by atoms with Gasteiger partial charge in [-0.1, -0.05) is 23.8 Å². The van der Waals surface area contributed by atoms with Crippen molar-refractivity contribution in [2.45, 2.75) is 52.0 Å². The molecule has 35 heavy (non-hydrogen) atoms. The summed E-state index contributed by atoms with van der Waals surface area (Å²) in [4.78, 5) is 32.7. The smallest absolute Gasteiger partial charge is 0.332 e. The highest BCUT2D eigenvalue weighted by Crippen LogP contribution is 2.26. The zero-order chi connectivity index (χ0) is 24.9. The number of nitrogens with zero attached hydrogens (tertiary/aromatic N) is 5. The van der Waals surface area contributed by atoms with Crippen LogP contribution in [0.1, 0.15) is 51.0 Å². The van der Waals surface area contributed by atoms with Crippen LogP contribution < -0.4 is 16.1 Å². The first-order valence-corrected chi connectivity index (χ1v) is 12.1. The van der Waals surface area contributed by atoms with Crippen LogP contribution in [0, 0.1) is 17.7 Å². The molecule has 0 aliphatic carbocycles. The van der Waals surface area contributed by atoms with Crippen LogP contribution in [-0.4, -0.2) is 31.8 Å². The maximum Gasteiger partial charge on any atom is 0.332 e. The summed E-state index contributed by atoms with van der Waals surface area (Å²) in [5.74, 6) is 6.42. The Kier molecular flexibility index (Phi) is 7.54. The first-order chi connectivity index (χ1) is 16.9. The van der Waals surface area contributed by atoms with E-state index in [1.165, 1.54) is 29.3 Å². The van der Waals surface area contributed by atoms with Crippen molar-refractivity contribution in [3.05, 3.63) is 68.1 Å². The van der Waals surface area contributed by atoms with Crippen molar-refractivity contribution in [1.82, 2.24) is 18.7 Å². The Morgan fingerprint density at radius 2 is 1.86 bits per heavy atom. The van der Waals surface area contributed by atoms with E-state index in [-0.39, 0.29) is 11.4 Å². The van der Waals surface area contributed by atoms with Crippen LogP contribution >= 0.6 is 0 Å². The predicted molar refractivity (Wildman–Crippen MR) is 137 cm³/mol. The molecule has 1 aromatic carbocycles. The Balaban J connectivity index is 1.70. The van der Waals surface area contributed by atoms with Gasteiger partial charge in [0.15, 0.2) is 11.2 Å². The molecule has 0 amide bonds. The lowest BCUT2D eigenvalue weighted by Crippen LogP contribution is -2.37. The number of rotatable bonds is 6. The molecule has 0 bridgehead atoms. The number of aromatic nitrogens is 4. The molecule has 0 atom stereocenters. The van der Waals surface area contributed by atoms with Crippen molar-refractivity contribution < 1.29 is 4.39 Å². The number of allylic oxidation sites excluding steroid dienone is 1. The van der Waals surface area contributed by atoms with E-state index in [9.17, 15) is 14.0 Å². The lowest BCUT2D eigenvalue weighted by molar-refractivity contribution is 0.626. The summed E-state index contributed by atoms with van der Waals surface area (Å²) in [5, 5.41) is 0. The molecule has 3 aromatic rings. The van der Waals surface area contributed by atoms with E-state index >= 15 is 0 Å². The number of hydrogen-bond acceptors (Lipinski definition) is 4. The fourth-order valence-corrected chi connectivity index (χ4v) is 4.64. The molecule has 0 spiro atoms. The topological polar surface area (TPSA) is 65.1 Å². The Morgan fingerprint density at radius 3 is 2.60 bits per heavy atom. The van der Waals surface area contributed by atoms with Gasteiger partial charge in [0.1, 0.15) is 5.82 Å². The SMILES string of the molecule is CC#CCCC/C=C1\CCCN(c2nc3c(c(=O)n(C)c(=O)n3C)n2Cc2ccc(F)cc2)CC1. The molecule has 0 saturated carbocycles. The highest BCUT2D eigenvalue weighted by Gasteiger charge is 2.24. The Morgan fingerprint density at radius 1 is 1.09 bits per heavy atom. The maximum absolute atomic E-state index is 13.5. The molecule has 0 N–H and O–H groups in total. The summed E-state index contributed by atoms with van der Waals surface area (Å²) in [6, 6.07) is 6.25. The number of fused-ring (bicyclic) bond motifs is 1. The molecule has 1 fully saturated rings. The molecule has 2 aromatic heterocycles. The Hall–Kier alpha value is -3.60. The Labute approximate surface area is 204 Å². The summed E-state index contributed by atoms with van der Waals surface area (Å²) < 4.78 is 17.9. The van der Waals surface area contributed by atoms with Gasteiger partial charge in [-0.15, -0.1) is 11.8 Å². The zero-order valence-corrected chi connectivity index (χ0v) is 20.7. The highest BCUT2D eigenvalue weighted by atomic mass is 19.1. The molecule has 8 heteroatoms. The fraction of sp³-hybridized carbons (Fsp3) is 0.444. The lowest BCUT2D eigenvalue weighted by atomic mass is 10.1. The molecule has 7 nitrogen and oxygen atoms in total. The minimum atomic E-state index is -0.408. The molecule has 184 valence electrons. The number of benzene rings is 1. The quantitative estimate of drug-likeness (QED) is 0.308. The van der Waals surface area contributed by atoms with E-state index in [2.05, 4.69) is 22.8 Å². The zero-order valence-electron chi connectivity index (χ0n) is 20.7. The second kappa shape index (κ2) is 10.8. The van der Waals surface area contributed by atoms with Gasteiger partial charge < -0.3 is 4.90 Å². The van der Waals surface area contributed by atoms with Crippen LogP contribution in [0.4, 0.5) is 10.3 Å². The number of hydrogen-bond donors (Lipinski definition) is 0. The van der Waals surface area contributed by atoms with Crippen molar-refractivity contribution in [1.29, 1.82) is 0 Å². The summed E-state index contributed by atoms with van der Waals surface area (Å²) in [5.41, 5.74) is 2.26. The highest BCUT2D eigenvalue weighted by molar-refractivity contribution is 5.74. The van der Waals surface area contributed by atoms with Crippen molar-refractivity contribution >= 4 is 17.1 Å². The minimum Gasteiger partial charge on any atom is -0.342 e. The normalized spacial score (nSPS) is 15.3. The van der Waals surface area contributed by atoms with Crippen LogP contribution in [-0.2, 0) is 20.6 Å². The molecule has 3 heterocycles. The molecular formula is C27H32FN5O2. The standard InChI is InChI=1S/C27H32FN5O2/c1-4-5-6-7-8-10-20-11-9-17-32(18-16-20)26-29-24-23(25(34)31(3)27(35)30(24)2)33(26)19-21-12-14-22(28)15-13-21/h10,12-15H,6-9,11,16-19H2,1-3H3/b20-10+. The second-order valence-electron chi connectivity index (χ2n) is 9.02. The number of imidazole rings is 1. The van der Waals surface area contributed by atoms with Crippen molar-refractivity contribution in [2.24, 2.45) is 14.1 Å². The molecule has 1 aliphatic rings. The van der Waals surface area contributed by atoms with Gasteiger partial charge in [0.2, 0.25) is 5.95 Å². The van der Waals surface area contributed by atoms with E-state index < -0.39 is 5.69 Å². The first kappa shape index (κ1) is 24.5. The van der Waals surface area contributed by atoms with Crippen LogP contribution in [0.5, 0.6) is 0 Å². The number of anilines is 1. The summed E-state index contributed by atoms with van der Waals surface area (Å²) in [6.07, 6.45) is 8.32. The predicted octanol–water partition coefficient (Wildman–Crippen LogP) is 3.73.